The van der Waals surface area contributed by atoms with Crippen molar-refractivity contribution in [2.75, 3.05) is 0 Å². The number of nitro groups is 1. The lowest BCUT2D eigenvalue weighted by Crippen LogP contribution is -1.96. The van der Waals surface area contributed by atoms with Crippen molar-refractivity contribution in [3.63, 3.8) is 0 Å². The fraction of sp³-hybridized carbons (Fsp3) is 0.100. The molecule has 0 amide bonds. The van der Waals surface area contributed by atoms with Gasteiger partial charge < -0.3 is 10.1 Å². The maximum Gasteiger partial charge on any atom is 0.397 e. The fourth-order valence-corrected chi connectivity index (χ4v) is 2.18. The summed E-state index contributed by atoms with van der Waals surface area (Å²) in [6, 6.07) is 9.35. The topological polar surface area (TPSA) is 61.0 Å². The molecule has 0 radical (unpaired) electrons. The Bertz CT molecular complexity index is 536. The Hall–Kier alpha value is -1.69. The average Bonchev–Trinajstić information content (AvgIpc) is 2.56. The number of para-hydroxylation sites is 1. The monoisotopic (exact) mass is 281 g/mol. The number of aromatic nitrogens is 2. The molecule has 1 aromatic heterocycles. The normalized spacial score (nSPS) is 10.4. The number of halogens is 1. The molecule has 0 saturated carbocycles. The minimum atomic E-state index is -0.503. The third-order valence-corrected chi connectivity index (χ3v) is 2.87. The van der Waals surface area contributed by atoms with Crippen molar-refractivity contribution < 1.29 is 4.92 Å². The molecule has 2 rings (SSSR count). The van der Waals surface area contributed by atoms with Gasteiger partial charge >= 0.3 is 5.82 Å². The first-order valence-corrected chi connectivity index (χ1v) is 5.35. The van der Waals surface area contributed by atoms with Crippen molar-refractivity contribution in [2.45, 2.75) is 6.92 Å². The highest BCUT2D eigenvalue weighted by Gasteiger charge is 2.23. The van der Waals surface area contributed by atoms with Gasteiger partial charge in [0.2, 0.25) is 5.82 Å². The quantitative estimate of drug-likeness (QED) is 0.628. The minimum absolute atomic E-state index is 0.165. The highest BCUT2D eigenvalue weighted by molar-refractivity contribution is 9.10. The van der Waals surface area contributed by atoms with Gasteiger partial charge in [-0.1, -0.05) is 18.2 Å². The van der Waals surface area contributed by atoms with Crippen LogP contribution in [0.2, 0.25) is 0 Å². The molecular weight excluding hydrogens is 274 g/mol. The summed E-state index contributed by atoms with van der Waals surface area (Å²) in [7, 11) is 0. The molecule has 0 unspecified atom stereocenters. The fourth-order valence-electron chi connectivity index (χ4n) is 1.48. The van der Waals surface area contributed by atoms with Crippen LogP contribution in [0.5, 0.6) is 0 Å². The molecule has 0 aliphatic heterocycles. The van der Waals surface area contributed by atoms with Gasteiger partial charge in [0.15, 0.2) is 4.60 Å². The molecule has 16 heavy (non-hydrogen) atoms. The SMILES string of the molecule is Cc1nc([N+](=O)[O-])c(Br)n1-c1ccccc1. The number of aryl methyl sites for hydroxylation is 1. The van der Waals surface area contributed by atoms with Crippen molar-refractivity contribution in [1.29, 1.82) is 0 Å². The van der Waals surface area contributed by atoms with E-state index >= 15 is 0 Å². The lowest BCUT2D eigenvalue weighted by atomic mass is 10.3. The second kappa shape index (κ2) is 4.05. The number of benzene rings is 1. The van der Waals surface area contributed by atoms with Gasteiger partial charge in [0.1, 0.15) is 0 Å². The first-order chi connectivity index (χ1) is 7.61. The summed E-state index contributed by atoms with van der Waals surface area (Å²) >= 11 is 3.20. The Kier molecular flexibility index (Phi) is 2.74. The van der Waals surface area contributed by atoms with Gasteiger partial charge in [0.25, 0.3) is 0 Å². The molecular formula is C10H8BrN3O2. The highest BCUT2D eigenvalue weighted by atomic mass is 79.9. The van der Waals surface area contributed by atoms with Crippen LogP contribution in [-0.4, -0.2) is 14.5 Å². The largest absolute Gasteiger partial charge is 0.397 e. The summed E-state index contributed by atoms with van der Waals surface area (Å²) in [4.78, 5) is 14.1. The van der Waals surface area contributed by atoms with E-state index in [0.717, 1.165) is 5.69 Å². The Balaban J connectivity index is 2.63. The predicted molar refractivity (Wildman–Crippen MR) is 62.7 cm³/mol. The third-order valence-electron chi connectivity index (χ3n) is 2.16. The smallest absolute Gasteiger partial charge is 0.358 e. The summed E-state index contributed by atoms with van der Waals surface area (Å²) in [5.41, 5.74) is 0.840. The molecule has 1 heterocycles. The van der Waals surface area contributed by atoms with Gasteiger partial charge in [-0.25, -0.2) is 0 Å². The van der Waals surface area contributed by atoms with Gasteiger partial charge in [-0.05, 0) is 38.0 Å². The van der Waals surface area contributed by atoms with Crippen LogP contribution in [0.25, 0.3) is 5.69 Å². The van der Waals surface area contributed by atoms with Crippen LogP contribution in [0.4, 0.5) is 5.82 Å². The van der Waals surface area contributed by atoms with Crippen LogP contribution in [0.3, 0.4) is 0 Å². The lowest BCUT2D eigenvalue weighted by Gasteiger charge is -2.03. The Morgan fingerprint density at radius 3 is 2.50 bits per heavy atom. The first-order valence-electron chi connectivity index (χ1n) is 4.56. The van der Waals surface area contributed by atoms with Crippen LogP contribution in [0, 0.1) is 17.0 Å². The second-order valence-electron chi connectivity index (χ2n) is 3.20. The number of hydrogen-bond acceptors (Lipinski definition) is 3. The van der Waals surface area contributed by atoms with E-state index in [1.165, 1.54) is 0 Å². The highest BCUT2D eigenvalue weighted by Crippen LogP contribution is 2.28. The summed E-state index contributed by atoms with van der Waals surface area (Å²) in [6.45, 7) is 1.73. The number of nitrogens with zero attached hydrogens (tertiary/aromatic N) is 3. The van der Waals surface area contributed by atoms with Crippen LogP contribution in [0.1, 0.15) is 5.82 Å². The zero-order valence-electron chi connectivity index (χ0n) is 8.42. The molecule has 0 bridgehead atoms. The number of imidazole rings is 1. The van der Waals surface area contributed by atoms with Gasteiger partial charge in [-0.3, -0.25) is 4.57 Å². The van der Waals surface area contributed by atoms with E-state index in [9.17, 15) is 10.1 Å². The van der Waals surface area contributed by atoms with Crippen molar-refractivity contribution >= 4 is 21.7 Å². The number of rotatable bonds is 2. The van der Waals surface area contributed by atoms with E-state index in [0.29, 0.717) is 10.4 Å². The van der Waals surface area contributed by atoms with E-state index < -0.39 is 4.92 Å². The Labute approximate surface area is 100 Å². The summed E-state index contributed by atoms with van der Waals surface area (Å²) in [5, 5.41) is 10.7. The van der Waals surface area contributed by atoms with Crippen molar-refractivity contribution in [2.24, 2.45) is 0 Å². The third kappa shape index (κ3) is 1.71. The Morgan fingerprint density at radius 2 is 2.00 bits per heavy atom. The van der Waals surface area contributed by atoms with Crippen LogP contribution >= 0.6 is 15.9 Å². The standard InChI is InChI=1S/C10H8BrN3O2/c1-7-12-10(14(15)16)9(11)13(7)8-5-3-2-4-6-8/h2-6H,1H3. The predicted octanol–water partition coefficient (Wildman–Crippen LogP) is 2.85. The summed E-state index contributed by atoms with van der Waals surface area (Å²) in [5.74, 6) is 0.408. The molecule has 2 aromatic rings. The van der Waals surface area contributed by atoms with E-state index in [4.69, 9.17) is 0 Å². The van der Waals surface area contributed by atoms with E-state index in [2.05, 4.69) is 20.9 Å². The van der Waals surface area contributed by atoms with Gasteiger partial charge in [0.05, 0.1) is 5.69 Å². The van der Waals surface area contributed by atoms with Crippen molar-refractivity contribution in [3.05, 3.63) is 50.9 Å². The van der Waals surface area contributed by atoms with E-state index in [1.807, 2.05) is 30.3 Å². The van der Waals surface area contributed by atoms with Gasteiger partial charge in [-0.15, -0.1) is 0 Å². The molecule has 0 N–H and O–H groups in total. The van der Waals surface area contributed by atoms with E-state index in [1.54, 1.807) is 11.5 Å². The van der Waals surface area contributed by atoms with Crippen molar-refractivity contribution in [1.82, 2.24) is 9.55 Å². The molecule has 0 saturated heterocycles. The average molecular weight is 282 g/mol. The molecule has 6 heteroatoms. The van der Waals surface area contributed by atoms with E-state index in [-0.39, 0.29) is 5.82 Å². The van der Waals surface area contributed by atoms with Gasteiger partial charge in [0, 0.05) is 6.92 Å². The second-order valence-corrected chi connectivity index (χ2v) is 3.95. The number of hydrogen-bond donors (Lipinski definition) is 0. The molecule has 1 aromatic carbocycles. The van der Waals surface area contributed by atoms with Crippen LogP contribution < -0.4 is 0 Å². The molecule has 0 aliphatic carbocycles. The van der Waals surface area contributed by atoms with Crippen molar-refractivity contribution in [3.8, 4) is 5.69 Å². The van der Waals surface area contributed by atoms with Gasteiger partial charge in [-0.2, -0.15) is 0 Å². The zero-order chi connectivity index (χ0) is 11.7. The summed E-state index contributed by atoms with van der Waals surface area (Å²) < 4.78 is 2.05. The molecule has 0 spiro atoms. The Morgan fingerprint density at radius 1 is 1.38 bits per heavy atom. The molecule has 5 nitrogen and oxygen atoms in total. The maximum absolute atomic E-state index is 10.7. The lowest BCUT2D eigenvalue weighted by molar-refractivity contribution is -0.390. The minimum Gasteiger partial charge on any atom is -0.358 e. The molecule has 0 aliphatic rings. The summed E-state index contributed by atoms with van der Waals surface area (Å²) in [6.07, 6.45) is 0. The maximum atomic E-state index is 10.7. The first kappa shape index (κ1) is 10.8. The molecule has 0 atom stereocenters. The zero-order valence-corrected chi connectivity index (χ0v) is 10.0. The van der Waals surface area contributed by atoms with Crippen LogP contribution in [-0.2, 0) is 0 Å². The molecule has 82 valence electrons. The van der Waals surface area contributed by atoms with Crippen LogP contribution in [0.15, 0.2) is 34.9 Å². The molecule has 0 fully saturated rings.